The van der Waals surface area contributed by atoms with Crippen LogP contribution in [0.1, 0.15) is 58.8 Å². The van der Waals surface area contributed by atoms with Gasteiger partial charge >= 0.3 is 0 Å². The maximum atomic E-state index is 12.6. The lowest BCUT2D eigenvalue weighted by molar-refractivity contribution is -0.124. The van der Waals surface area contributed by atoms with Gasteiger partial charge in [0, 0.05) is 50.2 Å². The standard InChI is InChI=1S/C23H39N3O4/c1-15(2)24-22(28)12-20-23-17(11-21(27)25-18-3-4-18)13-26(19(23)14-30-20)8-5-16-6-9-29-10-7-16/h15-20,23H,3-14H2,1-2H3,(H,24,28)(H,25,27)/t17-,19-,20+,23-/m1/s1. The lowest BCUT2D eigenvalue weighted by Gasteiger charge is -2.27. The van der Waals surface area contributed by atoms with E-state index in [9.17, 15) is 9.59 Å². The van der Waals surface area contributed by atoms with Crippen molar-refractivity contribution in [2.24, 2.45) is 17.8 Å². The summed E-state index contributed by atoms with van der Waals surface area (Å²) in [5.41, 5.74) is 0. The lowest BCUT2D eigenvalue weighted by Crippen LogP contribution is -2.38. The lowest BCUT2D eigenvalue weighted by atomic mass is 9.84. The Morgan fingerprint density at radius 3 is 2.53 bits per heavy atom. The third kappa shape index (κ3) is 5.74. The number of amides is 2. The number of fused-ring (bicyclic) bond motifs is 1. The highest BCUT2D eigenvalue weighted by Gasteiger charge is 2.51. The number of likely N-dealkylation sites (tertiary alicyclic amines) is 1. The molecule has 2 N–H and O–H groups in total. The molecule has 0 aromatic heterocycles. The molecule has 0 aromatic rings. The Hall–Kier alpha value is -1.18. The van der Waals surface area contributed by atoms with Crippen LogP contribution in [0.3, 0.4) is 0 Å². The van der Waals surface area contributed by atoms with Crippen molar-refractivity contribution in [1.82, 2.24) is 15.5 Å². The highest BCUT2D eigenvalue weighted by atomic mass is 16.5. The maximum absolute atomic E-state index is 12.6. The Balaban J connectivity index is 1.37. The smallest absolute Gasteiger partial charge is 0.222 e. The van der Waals surface area contributed by atoms with Crippen LogP contribution in [0.2, 0.25) is 0 Å². The van der Waals surface area contributed by atoms with Crippen LogP contribution in [0.15, 0.2) is 0 Å². The average molecular weight is 422 g/mol. The Labute approximate surface area is 180 Å². The molecule has 0 unspecified atom stereocenters. The van der Waals surface area contributed by atoms with E-state index < -0.39 is 0 Å². The molecule has 170 valence electrons. The molecular weight excluding hydrogens is 382 g/mol. The van der Waals surface area contributed by atoms with Gasteiger partial charge in [-0.1, -0.05) is 0 Å². The minimum absolute atomic E-state index is 0.0532. The van der Waals surface area contributed by atoms with E-state index in [1.165, 1.54) is 6.42 Å². The molecule has 4 rings (SSSR count). The summed E-state index contributed by atoms with van der Waals surface area (Å²) in [6, 6.07) is 0.863. The molecule has 2 amide bonds. The molecule has 4 aliphatic rings. The molecule has 30 heavy (non-hydrogen) atoms. The molecule has 4 atom stereocenters. The van der Waals surface area contributed by atoms with E-state index in [4.69, 9.17) is 9.47 Å². The van der Waals surface area contributed by atoms with E-state index in [1.807, 2.05) is 13.8 Å². The van der Waals surface area contributed by atoms with Gasteiger partial charge < -0.3 is 20.1 Å². The van der Waals surface area contributed by atoms with Crippen LogP contribution in [0, 0.1) is 17.8 Å². The summed E-state index contributed by atoms with van der Waals surface area (Å²) in [4.78, 5) is 27.5. The van der Waals surface area contributed by atoms with Crippen LogP contribution < -0.4 is 10.6 Å². The molecular formula is C23H39N3O4. The molecule has 7 nitrogen and oxygen atoms in total. The summed E-state index contributed by atoms with van der Waals surface area (Å²) in [7, 11) is 0. The summed E-state index contributed by atoms with van der Waals surface area (Å²) < 4.78 is 11.6. The number of carbonyl (C=O) groups excluding carboxylic acids is 2. The zero-order valence-electron chi connectivity index (χ0n) is 18.6. The van der Waals surface area contributed by atoms with Gasteiger partial charge in [-0.3, -0.25) is 14.5 Å². The van der Waals surface area contributed by atoms with Crippen LogP contribution in [-0.2, 0) is 19.1 Å². The number of ether oxygens (including phenoxy) is 2. The van der Waals surface area contributed by atoms with Gasteiger partial charge in [0.05, 0.1) is 19.1 Å². The molecule has 0 radical (unpaired) electrons. The zero-order chi connectivity index (χ0) is 21.1. The number of carbonyl (C=O) groups is 2. The zero-order valence-corrected chi connectivity index (χ0v) is 18.6. The van der Waals surface area contributed by atoms with Gasteiger partial charge in [-0.15, -0.1) is 0 Å². The SMILES string of the molecule is CC(C)NC(=O)C[C@@H]1OC[C@@H]2[C@H]1[C@H](CC(=O)NC1CC1)CN2CCC1CCOCC1. The fraction of sp³-hybridized carbons (Fsp3) is 0.913. The van der Waals surface area contributed by atoms with Gasteiger partial charge in [0.2, 0.25) is 11.8 Å². The fourth-order valence-corrected chi connectivity index (χ4v) is 5.57. The molecule has 0 spiro atoms. The number of rotatable bonds is 9. The van der Waals surface area contributed by atoms with E-state index in [2.05, 4.69) is 15.5 Å². The van der Waals surface area contributed by atoms with Crippen LogP contribution >= 0.6 is 0 Å². The van der Waals surface area contributed by atoms with Crippen LogP contribution in [0.5, 0.6) is 0 Å². The second kappa shape index (κ2) is 9.96. The quantitative estimate of drug-likeness (QED) is 0.592. The molecule has 0 aromatic carbocycles. The van der Waals surface area contributed by atoms with Crippen LogP contribution in [0.25, 0.3) is 0 Å². The van der Waals surface area contributed by atoms with Crippen molar-refractivity contribution in [3.63, 3.8) is 0 Å². The molecule has 1 saturated carbocycles. The topological polar surface area (TPSA) is 79.9 Å². The van der Waals surface area contributed by atoms with Gasteiger partial charge in [0.15, 0.2) is 0 Å². The van der Waals surface area contributed by atoms with Crippen molar-refractivity contribution >= 4 is 11.8 Å². The van der Waals surface area contributed by atoms with Gasteiger partial charge in [0.25, 0.3) is 0 Å². The van der Waals surface area contributed by atoms with E-state index >= 15 is 0 Å². The number of hydrogen-bond acceptors (Lipinski definition) is 5. The van der Waals surface area contributed by atoms with E-state index in [-0.39, 0.29) is 35.8 Å². The van der Waals surface area contributed by atoms with Gasteiger partial charge in [0.1, 0.15) is 0 Å². The Morgan fingerprint density at radius 2 is 1.83 bits per heavy atom. The van der Waals surface area contributed by atoms with E-state index in [1.54, 1.807) is 0 Å². The molecule has 7 heteroatoms. The third-order valence-corrected chi connectivity index (χ3v) is 7.23. The van der Waals surface area contributed by atoms with Crippen molar-refractivity contribution in [1.29, 1.82) is 0 Å². The maximum Gasteiger partial charge on any atom is 0.222 e. The summed E-state index contributed by atoms with van der Waals surface area (Å²) in [6.07, 6.45) is 6.59. The number of nitrogens with one attached hydrogen (secondary N) is 2. The first-order valence-corrected chi connectivity index (χ1v) is 12.0. The highest BCUT2D eigenvalue weighted by Crippen LogP contribution is 2.42. The monoisotopic (exact) mass is 421 g/mol. The summed E-state index contributed by atoms with van der Waals surface area (Å²) in [5, 5.41) is 6.14. The van der Waals surface area contributed by atoms with Crippen molar-refractivity contribution in [3.05, 3.63) is 0 Å². The third-order valence-electron chi connectivity index (χ3n) is 7.23. The number of nitrogens with zero attached hydrogens (tertiary/aromatic N) is 1. The van der Waals surface area contributed by atoms with E-state index in [0.717, 1.165) is 57.9 Å². The Kier molecular flexibility index (Phi) is 7.32. The molecule has 1 aliphatic carbocycles. The Bertz CT molecular complexity index is 603. The first-order chi connectivity index (χ1) is 14.5. The van der Waals surface area contributed by atoms with Crippen molar-refractivity contribution < 1.29 is 19.1 Å². The van der Waals surface area contributed by atoms with Gasteiger partial charge in [-0.05, 0) is 64.3 Å². The average Bonchev–Trinajstić information content (AvgIpc) is 3.31. The van der Waals surface area contributed by atoms with Gasteiger partial charge in [-0.25, -0.2) is 0 Å². The van der Waals surface area contributed by atoms with Crippen molar-refractivity contribution in [2.45, 2.75) is 83.0 Å². The van der Waals surface area contributed by atoms with Crippen LogP contribution in [0.4, 0.5) is 0 Å². The molecule has 3 heterocycles. The van der Waals surface area contributed by atoms with Crippen molar-refractivity contribution in [2.75, 3.05) is 32.9 Å². The first kappa shape index (κ1) is 22.0. The number of hydrogen-bond donors (Lipinski definition) is 2. The predicted octanol–water partition coefficient (Wildman–Crippen LogP) is 1.70. The van der Waals surface area contributed by atoms with E-state index in [0.29, 0.717) is 31.5 Å². The molecule has 3 saturated heterocycles. The Morgan fingerprint density at radius 1 is 1.07 bits per heavy atom. The molecule has 4 fully saturated rings. The highest BCUT2D eigenvalue weighted by molar-refractivity contribution is 5.77. The summed E-state index contributed by atoms with van der Waals surface area (Å²) in [6.45, 7) is 8.42. The normalized spacial score (nSPS) is 32.4. The second-order valence-corrected chi connectivity index (χ2v) is 10.1. The fourth-order valence-electron chi connectivity index (χ4n) is 5.57. The molecule has 3 aliphatic heterocycles. The van der Waals surface area contributed by atoms with Crippen LogP contribution in [-0.4, -0.2) is 73.9 Å². The van der Waals surface area contributed by atoms with Gasteiger partial charge in [-0.2, -0.15) is 0 Å². The summed E-state index contributed by atoms with van der Waals surface area (Å²) >= 11 is 0. The first-order valence-electron chi connectivity index (χ1n) is 12.0. The molecule has 0 bridgehead atoms. The minimum atomic E-state index is -0.0828. The van der Waals surface area contributed by atoms with Crippen molar-refractivity contribution in [3.8, 4) is 0 Å². The second-order valence-electron chi connectivity index (χ2n) is 10.1. The minimum Gasteiger partial charge on any atom is -0.381 e. The summed E-state index contributed by atoms with van der Waals surface area (Å²) in [5.74, 6) is 1.50. The predicted molar refractivity (Wildman–Crippen MR) is 114 cm³/mol. The largest absolute Gasteiger partial charge is 0.381 e.